The lowest BCUT2D eigenvalue weighted by molar-refractivity contribution is -0.123. The van der Waals surface area contributed by atoms with E-state index in [9.17, 15) is 4.79 Å². The van der Waals surface area contributed by atoms with Gasteiger partial charge >= 0.3 is 0 Å². The Morgan fingerprint density at radius 3 is 2.46 bits per heavy atom. The number of carbonyl (C=O) groups is 1. The van der Waals surface area contributed by atoms with E-state index in [4.69, 9.17) is 11.5 Å². The van der Waals surface area contributed by atoms with Crippen LogP contribution >= 0.6 is 0 Å². The third-order valence-electron chi connectivity index (χ3n) is 2.90. The Morgan fingerprint density at radius 1 is 1.54 bits per heavy atom. The molecule has 1 rings (SSSR count). The van der Waals surface area contributed by atoms with E-state index in [2.05, 4.69) is 11.8 Å². The maximum atomic E-state index is 10.9. The van der Waals surface area contributed by atoms with Gasteiger partial charge in [-0.15, -0.1) is 0 Å². The minimum Gasteiger partial charge on any atom is -0.369 e. The first-order valence-corrected chi connectivity index (χ1v) is 4.88. The lowest BCUT2D eigenvalue weighted by Crippen LogP contribution is -2.45. The highest BCUT2D eigenvalue weighted by Gasteiger charge is 2.24. The number of rotatable bonds is 3. The van der Waals surface area contributed by atoms with Gasteiger partial charge in [-0.3, -0.25) is 9.69 Å². The van der Waals surface area contributed by atoms with Crippen LogP contribution in [0.1, 0.15) is 19.8 Å². The molecule has 4 nitrogen and oxygen atoms in total. The first kappa shape index (κ1) is 10.5. The molecule has 0 aromatic heterocycles. The maximum absolute atomic E-state index is 10.9. The number of piperidine rings is 1. The van der Waals surface area contributed by atoms with E-state index in [0.29, 0.717) is 12.6 Å². The van der Waals surface area contributed by atoms with Crippen LogP contribution in [-0.4, -0.2) is 36.5 Å². The number of nitrogens with zero attached hydrogens (tertiary/aromatic N) is 1. The van der Waals surface area contributed by atoms with E-state index in [-0.39, 0.29) is 11.8 Å². The van der Waals surface area contributed by atoms with Crippen LogP contribution in [0, 0.1) is 5.92 Å². The molecule has 0 aromatic carbocycles. The summed E-state index contributed by atoms with van der Waals surface area (Å²) in [4.78, 5) is 13.2. The SMILES string of the molecule is CC(CN)N1CCC(C(N)=O)CC1. The quantitative estimate of drug-likeness (QED) is 0.624. The lowest BCUT2D eigenvalue weighted by atomic mass is 9.95. The summed E-state index contributed by atoms with van der Waals surface area (Å²) in [5, 5.41) is 0. The van der Waals surface area contributed by atoms with E-state index in [1.54, 1.807) is 0 Å². The zero-order valence-corrected chi connectivity index (χ0v) is 8.20. The number of hydrogen-bond acceptors (Lipinski definition) is 3. The maximum Gasteiger partial charge on any atom is 0.220 e. The van der Waals surface area contributed by atoms with Gasteiger partial charge < -0.3 is 11.5 Å². The molecule has 0 aliphatic carbocycles. The van der Waals surface area contributed by atoms with Gasteiger partial charge in [0.05, 0.1) is 0 Å². The molecule has 1 aliphatic heterocycles. The number of carbonyl (C=O) groups excluding carboxylic acids is 1. The second kappa shape index (κ2) is 4.58. The number of likely N-dealkylation sites (tertiary alicyclic amines) is 1. The second-order valence-electron chi connectivity index (χ2n) is 3.80. The van der Waals surface area contributed by atoms with Crippen molar-refractivity contribution in [2.24, 2.45) is 17.4 Å². The fourth-order valence-electron chi connectivity index (χ4n) is 1.77. The average Bonchev–Trinajstić information content (AvgIpc) is 2.17. The Morgan fingerprint density at radius 2 is 2.08 bits per heavy atom. The van der Waals surface area contributed by atoms with Crippen molar-refractivity contribution in [2.45, 2.75) is 25.8 Å². The molecule has 1 aliphatic rings. The van der Waals surface area contributed by atoms with Gasteiger partial charge in [0, 0.05) is 18.5 Å². The van der Waals surface area contributed by atoms with Gasteiger partial charge in [0.15, 0.2) is 0 Å². The van der Waals surface area contributed by atoms with Gasteiger partial charge in [0.2, 0.25) is 5.91 Å². The summed E-state index contributed by atoms with van der Waals surface area (Å²) in [6.07, 6.45) is 1.78. The molecule has 13 heavy (non-hydrogen) atoms. The molecule has 76 valence electrons. The predicted octanol–water partition coefficient (Wildman–Crippen LogP) is -0.469. The third kappa shape index (κ3) is 2.67. The lowest BCUT2D eigenvalue weighted by Gasteiger charge is -2.34. The molecule has 1 amide bonds. The first-order chi connectivity index (χ1) is 6.15. The number of nitrogens with two attached hydrogens (primary N) is 2. The molecule has 0 spiro atoms. The van der Waals surface area contributed by atoms with E-state index >= 15 is 0 Å². The van der Waals surface area contributed by atoms with Crippen LogP contribution in [0.5, 0.6) is 0 Å². The van der Waals surface area contributed by atoms with Gasteiger partial charge in [-0.2, -0.15) is 0 Å². The highest BCUT2D eigenvalue weighted by atomic mass is 16.1. The molecule has 0 bridgehead atoms. The van der Waals surface area contributed by atoms with Crippen molar-refractivity contribution in [3.05, 3.63) is 0 Å². The molecule has 0 aromatic rings. The zero-order valence-electron chi connectivity index (χ0n) is 8.20. The second-order valence-corrected chi connectivity index (χ2v) is 3.80. The van der Waals surface area contributed by atoms with Crippen LogP contribution in [0.15, 0.2) is 0 Å². The molecule has 4 heteroatoms. The summed E-state index contributed by atoms with van der Waals surface area (Å²) in [6.45, 7) is 4.70. The fourth-order valence-corrected chi connectivity index (χ4v) is 1.77. The normalized spacial score (nSPS) is 22.9. The van der Waals surface area contributed by atoms with Crippen LogP contribution in [0.3, 0.4) is 0 Å². The number of primary amides is 1. The molecule has 0 saturated carbocycles. The molecule has 0 radical (unpaired) electrons. The van der Waals surface area contributed by atoms with Crippen molar-refractivity contribution in [1.29, 1.82) is 0 Å². The molecule has 1 saturated heterocycles. The summed E-state index contributed by atoms with van der Waals surface area (Å²) in [7, 11) is 0. The van der Waals surface area contributed by atoms with Crippen LogP contribution in [0.25, 0.3) is 0 Å². The molecule has 1 fully saturated rings. The average molecular weight is 185 g/mol. The smallest absolute Gasteiger partial charge is 0.220 e. The predicted molar refractivity (Wildman–Crippen MR) is 52.0 cm³/mol. The first-order valence-electron chi connectivity index (χ1n) is 4.88. The summed E-state index contributed by atoms with van der Waals surface area (Å²) >= 11 is 0. The van der Waals surface area contributed by atoms with Crippen LogP contribution in [0.4, 0.5) is 0 Å². The van der Waals surface area contributed by atoms with Gasteiger partial charge in [-0.05, 0) is 32.9 Å². The van der Waals surface area contributed by atoms with Crippen LogP contribution in [0.2, 0.25) is 0 Å². The van der Waals surface area contributed by atoms with Crippen molar-refractivity contribution in [2.75, 3.05) is 19.6 Å². The van der Waals surface area contributed by atoms with Gasteiger partial charge in [0.25, 0.3) is 0 Å². The zero-order chi connectivity index (χ0) is 9.84. The molecule has 4 N–H and O–H groups in total. The molecule has 1 heterocycles. The molecule has 1 unspecified atom stereocenters. The van der Waals surface area contributed by atoms with Crippen molar-refractivity contribution in [1.82, 2.24) is 4.90 Å². The number of hydrogen-bond donors (Lipinski definition) is 2. The topological polar surface area (TPSA) is 72.3 Å². The highest BCUT2D eigenvalue weighted by molar-refractivity contribution is 5.76. The fraction of sp³-hybridized carbons (Fsp3) is 0.889. The van der Waals surface area contributed by atoms with Gasteiger partial charge in [-0.1, -0.05) is 0 Å². The van der Waals surface area contributed by atoms with Gasteiger partial charge in [-0.25, -0.2) is 0 Å². The standard InChI is InChI=1S/C9H19N3O/c1-7(6-10)12-4-2-8(3-5-12)9(11)13/h7-8H,2-6,10H2,1H3,(H2,11,13). The third-order valence-corrected chi connectivity index (χ3v) is 2.90. The molecular weight excluding hydrogens is 166 g/mol. The minimum atomic E-state index is -0.153. The Balaban J connectivity index is 2.34. The summed E-state index contributed by atoms with van der Waals surface area (Å²) < 4.78 is 0. The van der Waals surface area contributed by atoms with Crippen molar-refractivity contribution in [3.8, 4) is 0 Å². The van der Waals surface area contributed by atoms with E-state index in [0.717, 1.165) is 25.9 Å². The Hall–Kier alpha value is -0.610. The largest absolute Gasteiger partial charge is 0.369 e. The minimum absolute atomic E-state index is 0.0845. The Labute approximate surface area is 79.3 Å². The Kier molecular flexibility index (Phi) is 3.69. The van der Waals surface area contributed by atoms with Crippen LogP contribution < -0.4 is 11.5 Å². The molecular formula is C9H19N3O. The van der Waals surface area contributed by atoms with E-state index < -0.39 is 0 Å². The van der Waals surface area contributed by atoms with Crippen molar-refractivity contribution in [3.63, 3.8) is 0 Å². The Bertz CT molecular complexity index is 176. The summed E-state index contributed by atoms with van der Waals surface area (Å²) in [5.74, 6) is -0.0683. The summed E-state index contributed by atoms with van der Waals surface area (Å²) in [6, 6.07) is 0.425. The van der Waals surface area contributed by atoms with Gasteiger partial charge in [0.1, 0.15) is 0 Å². The van der Waals surface area contributed by atoms with Crippen molar-refractivity contribution < 1.29 is 4.79 Å². The molecule has 1 atom stereocenters. The monoisotopic (exact) mass is 185 g/mol. The van der Waals surface area contributed by atoms with Crippen molar-refractivity contribution >= 4 is 5.91 Å². The number of amides is 1. The van der Waals surface area contributed by atoms with Crippen LogP contribution in [-0.2, 0) is 4.79 Å². The van der Waals surface area contributed by atoms with E-state index in [1.807, 2.05) is 0 Å². The summed E-state index contributed by atoms with van der Waals surface area (Å²) in [5.41, 5.74) is 10.8. The highest BCUT2D eigenvalue weighted by Crippen LogP contribution is 2.17. The van der Waals surface area contributed by atoms with E-state index in [1.165, 1.54) is 0 Å².